The van der Waals surface area contributed by atoms with E-state index in [0.29, 0.717) is 0 Å². The average molecular weight is 282 g/mol. The summed E-state index contributed by atoms with van der Waals surface area (Å²) in [5.74, 6) is 0. The molecule has 0 amide bonds. The van der Waals surface area contributed by atoms with Crippen LogP contribution in [0.15, 0.2) is 17.5 Å². The Morgan fingerprint density at radius 1 is 1.16 bits per heavy atom. The number of hydrogen-bond acceptors (Lipinski definition) is 3. The van der Waals surface area contributed by atoms with Gasteiger partial charge in [-0.3, -0.25) is 0 Å². The molecule has 0 aliphatic rings. The van der Waals surface area contributed by atoms with Crippen molar-refractivity contribution in [3.8, 4) is 0 Å². The highest BCUT2D eigenvalue weighted by Crippen LogP contribution is 2.11. The Morgan fingerprint density at radius 3 is 2.53 bits per heavy atom. The van der Waals surface area contributed by atoms with Gasteiger partial charge in [-0.25, -0.2) is 0 Å². The molecule has 0 bridgehead atoms. The summed E-state index contributed by atoms with van der Waals surface area (Å²) in [5, 5.41) is 5.70. The molecule has 19 heavy (non-hydrogen) atoms. The predicted octanol–water partition coefficient (Wildman–Crippen LogP) is 4.13. The Morgan fingerprint density at radius 2 is 1.89 bits per heavy atom. The lowest BCUT2D eigenvalue weighted by Crippen LogP contribution is -2.36. The van der Waals surface area contributed by atoms with E-state index in [9.17, 15) is 0 Å². The molecule has 1 rings (SSSR count). The SMILES string of the molecule is CN(CCCCCCNC(C)(C)C)Cc1cccs1. The minimum absolute atomic E-state index is 0.265. The van der Waals surface area contributed by atoms with Crippen molar-refractivity contribution in [2.75, 3.05) is 20.1 Å². The summed E-state index contributed by atoms with van der Waals surface area (Å²) < 4.78 is 0. The van der Waals surface area contributed by atoms with E-state index in [0.717, 1.165) is 13.1 Å². The topological polar surface area (TPSA) is 15.3 Å². The molecule has 0 spiro atoms. The van der Waals surface area contributed by atoms with Crippen LogP contribution in [-0.4, -0.2) is 30.6 Å². The third kappa shape index (κ3) is 9.20. The highest BCUT2D eigenvalue weighted by Gasteiger charge is 2.07. The maximum absolute atomic E-state index is 3.54. The first-order valence-electron chi connectivity index (χ1n) is 7.43. The van der Waals surface area contributed by atoms with Gasteiger partial charge in [-0.1, -0.05) is 18.9 Å². The van der Waals surface area contributed by atoms with Gasteiger partial charge in [0.15, 0.2) is 0 Å². The first kappa shape index (κ1) is 16.7. The average Bonchev–Trinajstić information content (AvgIpc) is 2.79. The Bertz CT molecular complexity index is 314. The number of nitrogens with one attached hydrogen (secondary N) is 1. The van der Waals surface area contributed by atoms with Gasteiger partial charge in [0.25, 0.3) is 0 Å². The minimum atomic E-state index is 0.265. The van der Waals surface area contributed by atoms with Crippen LogP contribution in [0, 0.1) is 0 Å². The summed E-state index contributed by atoms with van der Waals surface area (Å²) in [6.07, 6.45) is 5.31. The second-order valence-electron chi connectivity index (χ2n) is 6.41. The molecule has 2 nitrogen and oxygen atoms in total. The van der Waals surface area contributed by atoms with Gasteiger partial charge in [0.1, 0.15) is 0 Å². The Hall–Kier alpha value is -0.380. The fourth-order valence-electron chi connectivity index (χ4n) is 2.07. The van der Waals surface area contributed by atoms with E-state index in [2.05, 4.69) is 55.5 Å². The third-order valence-corrected chi connectivity index (χ3v) is 3.99. The molecule has 0 atom stereocenters. The van der Waals surface area contributed by atoms with Gasteiger partial charge in [-0.15, -0.1) is 11.3 Å². The third-order valence-electron chi connectivity index (χ3n) is 3.13. The Kier molecular flexibility index (Phi) is 7.66. The van der Waals surface area contributed by atoms with Crippen molar-refractivity contribution in [3.05, 3.63) is 22.4 Å². The summed E-state index contributed by atoms with van der Waals surface area (Å²) >= 11 is 1.85. The number of unbranched alkanes of at least 4 members (excludes halogenated alkanes) is 3. The molecule has 1 heterocycles. The van der Waals surface area contributed by atoms with Crippen molar-refractivity contribution < 1.29 is 0 Å². The summed E-state index contributed by atoms with van der Waals surface area (Å²) in [6.45, 7) is 10.1. The summed E-state index contributed by atoms with van der Waals surface area (Å²) in [4.78, 5) is 3.90. The van der Waals surface area contributed by atoms with Gasteiger partial charge < -0.3 is 10.2 Å². The van der Waals surface area contributed by atoms with E-state index in [1.165, 1.54) is 37.1 Å². The molecule has 1 aromatic heterocycles. The smallest absolute Gasteiger partial charge is 0.0324 e. The van der Waals surface area contributed by atoms with Gasteiger partial charge in [0.2, 0.25) is 0 Å². The van der Waals surface area contributed by atoms with Gasteiger partial charge in [-0.2, -0.15) is 0 Å². The van der Waals surface area contributed by atoms with Crippen LogP contribution in [0.3, 0.4) is 0 Å². The predicted molar refractivity (Wildman–Crippen MR) is 86.9 cm³/mol. The maximum atomic E-state index is 3.54. The number of thiophene rings is 1. The molecule has 1 aromatic rings. The molecule has 0 unspecified atom stereocenters. The van der Waals surface area contributed by atoms with Crippen molar-refractivity contribution in [3.63, 3.8) is 0 Å². The molecule has 1 N–H and O–H groups in total. The van der Waals surface area contributed by atoms with Crippen LogP contribution in [0.2, 0.25) is 0 Å². The van der Waals surface area contributed by atoms with Crippen LogP contribution in [0.4, 0.5) is 0 Å². The number of hydrogen-bond donors (Lipinski definition) is 1. The van der Waals surface area contributed by atoms with E-state index in [-0.39, 0.29) is 5.54 Å². The normalized spacial score (nSPS) is 12.3. The fourth-order valence-corrected chi connectivity index (χ4v) is 2.86. The maximum Gasteiger partial charge on any atom is 0.0324 e. The lowest BCUT2D eigenvalue weighted by molar-refractivity contribution is 0.318. The molecule has 0 fully saturated rings. The first-order valence-corrected chi connectivity index (χ1v) is 8.31. The van der Waals surface area contributed by atoms with Crippen LogP contribution in [0.5, 0.6) is 0 Å². The van der Waals surface area contributed by atoms with E-state index >= 15 is 0 Å². The van der Waals surface area contributed by atoms with Gasteiger partial charge >= 0.3 is 0 Å². The summed E-state index contributed by atoms with van der Waals surface area (Å²) in [6, 6.07) is 4.36. The molecule has 0 aromatic carbocycles. The molecular formula is C16H30N2S. The number of nitrogens with zero attached hydrogens (tertiary/aromatic N) is 1. The van der Waals surface area contributed by atoms with Crippen molar-refractivity contribution in [2.24, 2.45) is 0 Å². The Labute approximate surface area is 123 Å². The van der Waals surface area contributed by atoms with Crippen LogP contribution in [0.25, 0.3) is 0 Å². The molecule has 0 saturated heterocycles. The quantitative estimate of drug-likeness (QED) is 0.685. The van der Waals surface area contributed by atoms with Crippen LogP contribution < -0.4 is 5.32 Å². The molecule has 0 aliphatic heterocycles. The molecule has 3 heteroatoms. The van der Waals surface area contributed by atoms with Crippen molar-refractivity contribution in [1.29, 1.82) is 0 Å². The molecule has 0 saturated carbocycles. The lowest BCUT2D eigenvalue weighted by Gasteiger charge is -2.20. The van der Waals surface area contributed by atoms with Crippen molar-refractivity contribution in [2.45, 2.75) is 58.5 Å². The summed E-state index contributed by atoms with van der Waals surface area (Å²) in [7, 11) is 2.22. The van der Waals surface area contributed by atoms with E-state index in [1.807, 2.05) is 11.3 Å². The Balaban J connectivity index is 1.93. The minimum Gasteiger partial charge on any atom is -0.312 e. The van der Waals surface area contributed by atoms with Crippen molar-refractivity contribution in [1.82, 2.24) is 10.2 Å². The zero-order valence-corrected chi connectivity index (χ0v) is 13.9. The van der Waals surface area contributed by atoms with Gasteiger partial charge in [-0.05, 0) is 65.2 Å². The highest BCUT2D eigenvalue weighted by atomic mass is 32.1. The molecule has 0 aliphatic carbocycles. The first-order chi connectivity index (χ1) is 8.97. The number of rotatable bonds is 9. The monoisotopic (exact) mass is 282 g/mol. The largest absolute Gasteiger partial charge is 0.312 e. The molecule has 110 valence electrons. The van der Waals surface area contributed by atoms with E-state index in [1.54, 1.807) is 0 Å². The van der Waals surface area contributed by atoms with Crippen LogP contribution >= 0.6 is 11.3 Å². The molecular weight excluding hydrogens is 252 g/mol. The highest BCUT2D eigenvalue weighted by molar-refractivity contribution is 7.09. The zero-order valence-electron chi connectivity index (χ0n) is 13.0. The second kappa shape index (κ2) is 8.72. The zero-order chi connectivity index (χ0) is 14.1. The van der Waals surface area contributed by atoms with Crippen LogP contribution in [-0.2, 0) is 6.54 Å². The molecule has 0 radical (unpaired) electrons. The summed E-state index contributed by atoms with van der Waals surface area (Å²) in [5.41, 5.74) is 0.265. The van der Waals surface area contributed by atoms with Crippen LogP contribution in [0.1, 0.15) is 51.3 Å². The van der Waals surface area contributed by atoms with E-state index < -0.39 is 0 Å². The van der Waals surface area contributed by atoms with Crippen molar-refractivity contribution >= 4 is 11.3 Å². The fraction of sp³-hybridized carbons (Fsp3) is 0.750. The second-order valence-corrected chi connectivity index (χ2v) is 7.44. The van der Waals surface area contributed by atoms with E-state index in [4.69, 9.17) is 0 Å². The van der Waals surface area contributed by atoms with Gasteiger partial charge in [0, 0.05) is 17.0 Å². The lowest BCUT2D eigenvalue weighted by atomic mass is 10.1. The standard InChI is InChI=1S/C16H30N2S/c1-16(2,3)17-11-7-5-6-8-12-18(4)14-15-10-9-13-19-15/h9-10,13,17H,5-8,11-12,14H2,1-4H3. The van der Waals surface area contributed by atoms with Gasteiger partial charge in [0.05, 0.1) is 0 Å².